The Labute approximate surface area is 127 Å². The molecule has 1 aromatic rings. The monoisotopic (exact) mass is 291 g/mol. The molecule has 0 aromatic heterocycles. The number of hydrogen-bond donors (Lipinski definition) is 2. The summed E-state index contributed by atoms with van der Waals surface area (Å²) in [5.74, 6) is 1.53. The Bertz CT molecular complexity index is 420. The zero-order valence-corrected chi connectivity index (χ0v) is 13.1. The van der Waals surface area contributed by atoms with Crippen LogP contribution in [-0.2, 0) is 11.2 Å². The molecule has 1 aliphatic rings. The van der Waals surface area contributed by atoms with Gasteiger partial charge in [0.1, 0.15) is 0 Å². The molecule has 0 spiro atoms. The van der Waals surface area contributed by atoms with Crippen molar-refractivity contribution in [3.8, 4) is 0 Å². The number of benzene rings is 1. The summed E-state index contributed by atoms with van der Waals surface area (Å²) in [5.41, 5.74) is 1.16. The molecular formula is C17H25NOS. The van der Waals surface area contributed by atoms with Gasteiger partial charge in [-0.05, 0) is 36.7 Å². The summed E-state index contributed by atoms with van der Waals surface area (Å²) in [6.07, 6.45) is 5.83. The maximum Gasteiger partial charge on any atom is 0.233 e. The molecule has 1 amide bonds. The van der Waals surface area contributed by atoms with Gasteiger partial charge in [0.25, 0.3) is 0 Å². The van der Waals surface area contributed by atoms with Gasteiger partial charge in [0.05, 0.1) is 5.25 Å². The van der Waals surface area contributed by atoms with Crippen LogP contribution in [0.4, 0.5) is 0 Å². The molecule has 1 N–H and O–H groups in total. The lowest BCUT2D eigenvalue weighted by molar-refractivity contribution is -0.120. The molecule has 20 heavy (non-hydrogen) atoms. The maximum absolute atomic E-state index is 12.1. The lowest BCUT2D eigenvalue weighted by atomic mass is 9.82. The Morgan fingerprint density at radius 2 is 2.10 bits per heavy atom. The molecular weight excluding hydrogens is 266 g/mol. The van der Waals surface area contributed by atoms with Crippen LogP contribution in [0.5, 0.6) is 0 Å². The van der Waals surface area contributed by atoms with Crippen molar-refractivity contribution in [1.29, 1.82) is 0 Å². The van der Waals surface area contributed by atoms with Crippen LogP contribution in [-0.4, -0.2) is 17.7 Å². The molecule has 2 rings (SSSR count). The molecule has 1 aromatic carbocycles. The summed E-state index contributed by atoms with van der Waals surface area (Å²) < 4.78 is 0. The van der Waals surface area contributed by atoms with E-state index in [4.69, 9.17) is 0 Å². The second-order valence-corrected chi connectivity index (χ2v) is 6.71. The van der Waals surface area contributed by atoms with E-state index in [1.807, 2.05) is 30.3 Å². The molecule has 1 aliphatic carbocycles. The van der Waals surface area contributed by atoms with Crippen molar-refractivity contribution >= 4 is 18.5 Å². The number of hydrogen-bond acceptors (Lipinski definition) is 2. The molecule has 0 heterocycles. The Hall–Kier alpha value is -0.960. The zero-order valence-electron chi connectivity index (χ0n) is 12.2. The van der Waals surface area contributed by atoms with E-state index in [1.54, 1.807) is 0 Å². The summed E-state index contributed by atoms with van der Waals surface area (Å²) in [5, 5.41) is 2.83. The van der Waals surface area contributed by atoms with E-state index in [0.29, 0.717) is 12.3 Å². The Morgan fingerprint density at radius 1 is 1.35 bits per heavy atom. The fourth-order valence-corrected chi connectivity index (χ4v) is 3.34. The van der Waals surface area contributed by atoms with E-state index < -0.39 is 0 Å². The zero-order chi connectivity index (χ0) is 14.4. The first-order valence-corrected chi connectivity index (χ1v) is 8.16. The largest absolute Gasteiger partial charge is 0.355 e. The normalized spacial score (nSPS) is 24.1. The standard InChI is InChI=1S/C17H25NOS/c1-13-6-5-9-15(10-13)12-18-17(19)16(20)11-14-7-3-2-4-8-14/h2-4,7-8,13,15-16,20H,5-6,9-12H2,1H3,(H,18,19). The second-order valence-electron chi connectivity index (χ2n) is 6.09. The van der Waals surface area contributed by atoms with Crippen molar-refractivity contribution < 1.29 is 4.79 Å². The van der Waals surface area contributed by atoms with Gasteiger partial charge in [-0.25, -0.2) is 0 Å². The van der Waals surface area contributed by atoms with Crippen LogP contribution in [0.1, 0.15) is 38.2 Å². The summed E-state index contributed by atoms with van der Waals surface area (Å²) in [6, 6.07) is 10.1. The number of nitrogens with one attached hydrogen (secondary N) is 1. The minimum Gasteiger partial charge on any atom is -0.355 e. The van der Waals surface area contributed by atoms with E-state index in [9.17, 15) is 4.79 Å². The number of carbonyl (C=O) groups is 1. The highest BCUT2D eigenvalue weighted by Crippen LogP contribution is 2.27. The lowest BCUT2D eigenvalue weighted by Crippen LogP contribution is -2.37. The van der Waals surface area contributed by atoms with Crippen molar-refractivity contribution in [3.05, 3.63) is 35.9 Å². The van der Waals surface area contributed by atoms with Crippen LogP contribution < -0.4 is 5.32 Å². The summed E-state index contributed by atoms with van der Waals surface area (Å²) >= 11 is 4.44. The second kappa shape index (κ2) is 7.72. The molecule has 0 bridgehead atoms. The summed E-state index contributed by atoms with van der Waals surface area (Å²) in [7, 11) is 0. The molecule has 2 nitrogen and oxygen atoms in total. The van der Waals surface area contributed by atoms with Crippen LogP contribution >= 0.6 is 12.6 Å². The van der Waals surface area contributed by atoms with Gasteiger partial charge in [0.15, 0.2) is 0 Å². The van der Waals surface area contributed by atoms with Crippen LogP contribution in [0, 0.1) is 11.8 Å². The minimum absolute atomic E-state index is 0.0652. The smallest absolute Gasteiger partial charge is 0.233 e. The Kier molecular flexibility index (Phi) is 5.96. The molecule has 110 valence electrons. The fraction of sp³-hybridized carbons (Fsp3) is 0.588. The van der Waals surface area contributed by atoms with Crippen LogP contribution in [0.25, 0.3) is 0 Å². The van der Waals surface area contributed by atoms with E-state index >= 15 is 0 Å². The van der Waals surface area contributed by atoms with Gasteiger partial charge in [-0.2, -0.15) is 12.6 Å². The van der Waals surface area contributed by atoms with Gasteiger partial charge in [-0.15, -0.1) is 0 Å². The third-order valence-electron chi connectivity index (χ3n) is 4.18. The molecule has 0 aliphatic heterocycles. The van der Waals surface area contributed by atoms with Gasteiger partial charge in [-0.3, -0.25) is 4.79 Å². The maximum atomic E-state index is 12.1. The topological polar surface area (TPSA) is 29.1 Å². The van der Waals surface area contributed by atoms with Gasteiger partial charge in [-0.1, -0.05) is 50.1 Å². The van der Waals surface area contributed by atoms with E-state index in [-0.39, 0.29) is 11.2 Å². The first-order valence-electron chi connectivity index (χ1n) is 7.65. The third kappa shape index (κ3) is 4.86. The predicted molar refractivity (Wildman–Crippen MR) is 87.1 cm³/mol. The van der Waals surface area contributed by atoms with Gasteiger partial charge in [0.2, 0.25) is 5.91 Å². The van der Waals surface area contributed by atoms with E-state index in [2.05, 4.69) is 24.9 Å². The van der Waals surface area contributed by atoms with Crippen LogP contribution in [0.3, 0.4) is 0 Å². The van der Waals surface area contributed by atoms with Crippen LogP contribution in [0.15, 0.2) is 30.3 Å². The average molecular weight is 291 g/mol. The van der Waals surface area contributed by atoms with Gasteiger partial charge >= 0.3 is 0 Å². The third-order valence-corrected chi connectivity index (χ3v) is 4.60. The van der Waals surface area contributed by atoms with E-state index in [0.717, 1.165) is 18.0 Å². The molecule has 1 fully saturated rings. The minimum atomic E-state index is -0.251. The molecule has 3 heteroatoms. The highest BCUT2D eigenvalue weighted by Gasteiger charge is 2.21. The Balaban J connectivity index is 1.74. The lowest BCUT2D eigenvalue weighted by Gasteiger charge is -2.27. The number of thiol groups is 1. The van der Waals surface area contributed by atoms with Gasteiger partial charge in [0, 0.05) is 6.54 Å². The summed E-state index contributed by atoms with van der Waals surface area (Å²) in [4.78, 5) is 12.1. The highest BCUT2D eigenvalue weighted by molar-refractivity contribution is 7.81. The van der Waals surface area contributed by atoms with Crippen molar-refractivity contribution in [2.24, 2.45) is 11.8 Å². The fourth-order valence-electron chi connectivity index (χ4n) is 3.04. The number of amides is 1. The molecule has 3 unspecified atom stereocenters. The molecule has 3 atom stereocenters. The van der Waals surface area contributed by atoms with Crippen molar-refractivity contribution in [2.45, 2.75) is 44.3 Å². The van der Waals surface area contributed by atoms with E-state index in [1.165, 1.54) is 25.7 Å². The van der Waals surface area contributed by atoms with Gasteiger partial charge < -0.3 is 5.32 Å². The first-order chi connectivity index (χ1) is 9.65. The molecule has 1 saturated carbocycles. The average Bonchev–Trinajstić information content (AvgIpc) is 2.46. The molecule has 0 saturated heterocycles. The quantitative estimate of drug-likeness (QED) is 0.799. The SMILES string of the molecule is CC1CCCC(CNC(=O)C(S)Cc2ccccc2)C1. The number of carbonyl (C=O) groups excluding carboxylic acids is 1. The first kappa shape index (κ1) is 15.4. The van der Waals surface area contributed by atoms with Crippen molar-refractivity contribution in [1.82, 2.24) is 5.32 Å². The Morgan fingerprint density at radius 3 is 2.80 bits per heavy atom. The van der Waals surface area contributed by atoms with Crippen LogP contribution in [0.2, 0.25) is 0 Å². The number of rotatable bonds is 5. The van der Waals surface area contributed by atoms with Crippen molar-refractivity contribution in [2.75, 3.05) is 6.54 Å². The van der Waals surface area contributed by atoms with Crippen molar-refractivity contribution in [3.63, 3.8) is 0 Å². The summed E-state index contributed by atoms with van der Waals surface area (Å²) in [6.45, 7) is 3.12. The molecule has 0 radical (unpaired) electrons. The highest BCUT2D eigenvalue weighted by atomic mass is 32.1. The predicted octanol–water partition coefficient (Wildman–Crippen LogP) is 3.47.